The summed E-state index contributed by atoms with van der Waals surface area (Å²) in [6.07, 6.45) is 1.91. The third-order valence-corrected chi connectivity index (χ3v) is 4.06. The van der Waals surface area contributed by atoms with Crippen molar-refractivity contribution in [1.82, 2.24) is 4.90 Å². The maximum Gasteiger partial charge on any atom is 0.286 e. The van der Waals surface area contributed by atoms with Gasteiger partial charge < -0.3 is 4.90 Å². The number of hydrogen-bond acceptors (Lipinski definition) is 3. The predicted molar refractivity (Wildman–Crippen MR) is 92.4 cm³/mol. The molecular formula is C15H19BrN2OS. The molecule has 1 aliphatic rings. The van der Waals surface area contributed by atoms with Gasteiger partial charge in [-0.2, -0.15) is 4.99 Å². The third-order valence-electron chi connectivity index (χ3n) is 3.02. The molecule has 1 aliphatic heterocycles. The first-order valence-electron chi connectivity index (χ1n) is 6.48. The van der Waals surface area contributed by atoms with E-state index in [0.717, 1.165) is 23.8 Å². The fraction of sp³-hybridized carbons (Fsp3) is 0.333. The first-order valence-corrected chi connectivity index (χ1v) is 7.30. The molecule has 0 radical (unpaired) electrons. The molecule has 0 aromatic heterocycles. The molecule has 0 saturated heterocycles. The minimum atomic E-state index is -0.132. The van der Waals surface area contributed by atoms with Crippen LogP contribution in [0.25, 0.3) is 6.08 Å². The molecule has 0 atom stereocenters. The molecule has 1 amide bonds. The average molecular weight is 355 g/mol. The summed E-state index contributed by atoms with van der Waals surface area (Å²) < 4.78 is 0. The quantitative estimate of drug-likeness (QED) is 0.772. The molecule has 0 spiro atoms. The fourth-order valence-corrected chi connectivity index (χ4v) is 2.88. The Morgan fingerprint density at radius 2 is 1.80 bits per heavy atom. The summed E-state index contributed by atoms with van der Waals surface area (Å²) in [5.41, 5.74) is 2.25. The lowest BCUT2D eigenvalue weighted by Gasteiger charge is -2.18. The SMILES string of the molecule is Br.CCN(CC)C1=NC(=O)C(=Cc2ccc(C)cc2)S1. The van der Waals surface area contributed by atoms with Gasteiger partial charge in [0.1, 0.15) is 0 Å². The van der Waals surface area contributed by atoms with E-state index in [4.69, 9.17) is 0 Å². The van der Waals surface area contributed by atoms with Gasteiger partial charge in [0.15, 0.2) is 5.17 Å². The van der Waals surface area contributed by atoms with E-state index >= 15 is 0 Å². The summed E-state index contributed by atoms with van der Waals surface area (Å²) >= 11 is 1.46. The van der Waals surface area contributed by atoms with Crippen molar-refractivity contribution in [2.75, 3.05) is 13.1 Å². The van der Waals surface area contributed by atoms with Crippen LogP contribution in [-0.2, 0) is 4.79 Å². The zero-order valence-corrected chi connectivity index (χ0v) is 14.4. The first-order chi connectivity index (χ1) is 9.13. The Hall–Kier alpha value is -1.07. The minimum Gasteiger partial charge on any atom is -0.351 e. The lowest BCUT2D eigenvalue weighted by molar-refractivity contribution is -0.113. The summed E-state index contributed by atoms with van der Waals surface area (Å²) in [5.74, 6) is -0.132. The van der Waals surface area contributed by atoms with Crippen LogP contribution < -0.4 is 0 Å². The van der Waals surface area contributed by atoms with Gasteiger partial charge in [0.25, 0.3) is 5.91 Å². The van der Waals surface area contributed by atoms with E-state index in [-0.39, 0.29) is 22.9 Å². The van der Waals surface area contributed by atoms with Crippen LogP contribution >= 0.6 is 28.7 Å². The van der Waals surface area contributed by atoms with Crippen molar-refractivity contribution >= 4 is 45.9 Å². The number of hydrogen-bond donors (Lipinski definition) is 0. The molecular weight excluding hydrogens is 336 g/mol. The molecule has 1 aromatic carbocycles. The van der Waals surface area contributed by atoms with Crippen molar-refractivity contribution in [1.29, 1.82) is 0 Å². The van der Waals surface area contributed by atoms with Crippen LogP contribution in [0.1, 0.15) is 25.0 Å². The number of nitrogens with zero attached hydrogens (tertiary/aromatic N) is 2. The highest BCUT2D eigenvalue weighted by Gasteiger charge is 2.24. The maximum atomic E-state index is 11.9. The van der Waals surface area contributed by atoms with Gasteiger partial charge in [0, 0.05) is 13.1 Å². The number of amidine groups is 1. The van der Waals surface area contributed by atoms with E-state index < -0.39 is 0 Å². The number of halogens is 1. The molecule has 3 nitrogen and oxygen atoms in total. The van der Waals surface area contributed by atoms with E-state index in [0.29, 0.717) is 4.91 Å². The van der Waals surface area contributed by atoms with Crippen LogP contribution in [-0.4, -0.2) is 29.1 Å². The van der Waals surface area contributed by atoms with Crippen LogP contribution in [0.5, 0.6) is 0 Å². The van der Waals surface area contributed by atoms with Gasteiger partial charge in [-0.15, -0.1) is 17.0 Å². The van der Waals surface area contributed by atoms with Gasteiger partial charge in [-0.05, 0) is 44.2 Å². The Kier molecular flexibility index (Phi) is 6.49. The van der Waals surface area contributed by atoms with Crippen LogP contribution in [0.15, 0.2) is 34.2 Å². The van der Waals surface area contributed by atoms with Gasteiger partial charge in [0.2, 0.25) is 0 Å². The molecule has 1 aromatic rings. The van der Waals surface area contributed by atoms with E-state index in [1.165, 1.54) is 17.3 Å². The van der Waals surface area contributed by atoms with Gasteiger partial charge in [0.05, 0.1) is 4.91 Å². The van der Waals surface area contributed by atoms with Gasteiger partial charge in [-0.3, -0.25) is 4.79 Å². The van der Waals surface area contributed by atoms with Crippen LogP contribution in [0, 0.1) is 6.92 Å². The normalized spacial score (nSPS) is 16.1. The molecule has 20 heavy (non-hydrogen) atoms. The second-order valence-electron chi connectivity index (χ2n) is 4.39. The van der Waals surface area contributed by atoms with Crippen molar-refractivity contribution in [3.63, 3.8) is 0 Å². The number of benzene rings is 1. The summed E-state index contributed by atoms with van der Waals surface area (Å²) in [4.78, 5) is 18.8. The van der Waals surface area contributed by atoms with Gasteiger partial charge in [-0.25, -0.2) is 0 Å². The Bertz CT molecular complexity index is 533. The van der Waals surface area contributed by atoms with Crippen LogP contribution in [0.2, 0.25) is 0 Å². The fourth-order valence-electron chi connectivity index (χ4n) is 1.84. The molecule has 1 heterocycles. The number of carbonyl (C=O) groups excluding carboxylic acids is 1. The summed E-state index contributed by atoms with van der Waals surface area (Å²) in [6, 6.07) is 8.13. The molecule has 0 fully saturated rings. The van der Waals surface area contributed by atoms with Gasteiger partial charge in [-0.1, -0.05) is 29.8 Å². The van der Waals surface area contributed by atoms with Gasteiger partial charge >= 0.3 is 0 Å². The molecule has 108 valence electrons. The summed E-state index contributed by atoms with van der Waals surface area (Å²) in [7, 11) is 0. The van der Waals surface area contributed by atoms with Crippen molar-refractivity contribution in [2.24, 2.45) is 4.99 Å². The zero-order valence-electron chi connectivity index (χ0n) is 11.9. The highest BCUT2D eigenvalue weighted by molar-refractivity contribution is 8.93. The van der Waals surface area contributed by atoms with Crippen molar-refractivity contribution < 1.29 is 4.79 Å². The van der Waals surface area contributed by atoms with E-state index in [2.05, 4.69) is 23.7 Å². The lowest BCUT2D eigenvalue weighted by atomic mass is 10.1. The molecule has 0 aliphatic carbocycles. The molecule has 0 saturated carbocycles. The maximum absolute atomic E-state index is 11.9. The molecule has 5 heteroatoms. The lowest BCUT2D eigenvalue weighted by Crippen LogP contribution is -2.26. The topological polar surface area (TPSA) is 32.7 Å². The zero-order chi connectivity index (χ0) is 13.8. The third kappa shape index (κ3) is 3.96. The van der Waals surface area contributed by atoms with Crippen LogP contribution in [0.3, 0.4) is 0 Å². The Morgan fingerprint density at radius 3 is 2.35 bits per heavy atom. The van der Waals surface area contributed by atoms with Crippen molar-refractivity contribution in [3.05, 3.63) is 40.3 Å². The molecule has 0 N–H and O–H groups in total. The Morgan fingerprint density at radius 1 is 1.20 bits per heavy atom. The number of aryl methyl sites for hydroxylation is 1. The molecule has 0 bridgehead atoms. The minimum absolute atomic E-state index is 0. The molecule has 2 rings (SSSR count). The second kappa shape index (κ2) is 7.64. The number of amides is 1. The van der Waals surface area contributed by atoms with Crippen molar-refractivity contribution in [2.45, 2.75) is 20.8 Å². The number of rotatable bonds is 3. The van der Waals surface area contributed by atoms with Crippen molar-refractivity contribution in [3.8, 4) is 0 Å². The highest BCUT2D eigenvalue weighted by atomic mass is 79.9. The predicted octanol–water partition coefficient (Wildman–Crippen LogP) is 3.89. The number of thioether (sulfide) groups is 1. The largest absolute Gasteiger partial charge is 0.351 e. The standard InChI is InChI=1S/C15H18N2OS.BrH/c1-4-17(5-2)15-16-14(18)13(19-15)10-12-8-6-11(3)7-9-12;/h6-10H,4-5H2,1-3H3;1H. The van der Waals surface area contributed by atoms with Crippen LogP contribution in [0.4, 0.5) is 0 Å². The van der Waals surface area contributed by atoms with E-state index in [1.54, 1.807) is 0 Å². The average Bonchev–Trinajstić information content (AvgIpc) is 2.75. The smallest absolute Gasteiger partial charge is 0.286 e. The second-order valence-corrected chi connectivity index (χ2v) is 5.40. The first kappa shape index (κ1) is 17.0. The van der Waals surface area contributed by atoms with E-state index in [9.17, 15) is 4.79 Å². The number of aliphatic imine (C=N–C) groups is 1. The van der Waals surface area contributed by atoms with E-state index in [1.807, 2.05) is 37.3 Å². The Balaban J connectivity index is 0.00000200. The Labute approximate surface area is 134 Å². The summed E-state index contributed by atoms with van der Waals surface area (Å²) in [5, 5.41) is 0.813. The monoisotopic (exact) mass is 354 g/mol. The summed E-state index contributed by atoms with van der Waals surface area (Å²) in [6.45, 7) is 7.92. The molecule has 0 unspecified atom stereocenters. The number of carbonyl (C=O) groups is 1. The highest BCUT2D eigenvalue weighted by Crippen LogP contribution is 2.30.